The number of carbonyl (C=O) groups excluding carboxylic acids is 2. The summed E-state index contributed by atoms with van der Waals surface area (Å²) in [7, 11) is 0. The molecule has 1 heterocycles. The van der Waals surface area contributed by atoms with E-state index in [9.17, 15) is 9.59 Å². The second kappa shape index (κ2) is 9.34. The summed E-state index contributed by atoms with van der Waals surface area (Å²) in [5.74, 6) is 0.175. The van der Waals surface area contributed by atoms with Gasteiger partial charge in [-0.05, 0) is 54.8 Å². The Balaban J connectivity index is 1.74. The van der Waals surface area contributed by atoms with Crippen LogP contribution in [0.3, 0.4) is 0 Å². The summed E-state index contributed by atoms with van der Waals surface area (Å²) in [4.78, 5) is 25.9. The van der Waals surface area contributed by atoms with Crippen LogP contribution in [0, 0.1) is 13.8 Å². The van der Waals surface area contributed by atoms with Crippen molar-refractivity contribution in [3.63, 3.8) is 0 Å². The summed E-state index contributed by atoms with van der Waals surface area (Å²) in [6.07, 6.45) is 1.11. The molecular formula is C24H22O4S. The van der Waals surface area contributed by atoms with Crippen molar-refractivity contribution >= 4 is 23.1 Å². The molecule has 2 aromatic carbocycles. The lowest BCUT2D eigenvalue weighted by molar-refractivity contribution is -0.138. The van der Waals surface area contributed by atoms with Crippen molar-refractivity contribution in [3.05, 3.63) is 88.8 Å². The number of ether oxygens (including phenoxy) is 2. The van der Waals surface area contributed by atoms with Crippen LogP contribution in [0.1, 0.15) is 26.4 Å². The number of esters is 1. The lowest BCUT2D eigenvalue weighted by atomic mass is 9.98. The lowest BCUT2D eigenvalue weighted by Crippen LogP contribution is -2.11. The average Bonchev–Trinajstić information content (AvgIpc) is 3.21. The molecule has 4 nitrogen and oxygen atoms in total. The highest BCUT2D eigenvalue weighted by Gasteiger charge is 2.18. The van der Waals surface area contributed by atoms with E-state index in [4.69, 9.17) is 9.47 Å². The van der Waals surface area contributed by atoms with Crippen molar-refractivity contribution in [2.24, 2.45) is 0 Å². The summed E-state index contributed by atoms with van der Waals surface area (Å²) in [6, 6.07) is 17.6. The third kappa shape index (κ3) is 5.00. The summed E-state index contributed by atoms with van der Waals surface area (Å²) in [6.45, 7) is 7.52. The van der Waals surface area contributed by atoms with E-state index in [0.29, 0.717) is 16.2 Å². The number of benzene rings is 2. The molecule has 0 aliphatic heterocycles. The Kier molecular flexibility index (Phi) is 6.62. The first-order valence-electron chi connectivity index (χ1n) is 9.23. The molecule has 0 N–H and O–H groups in total. The summed E-state index contributed by atoms with van der Waals surface area (Å²) < 4.78 is 10.5. The highest BCUT2D eigenvalue weighted by Crippen LogP contribution is 2.31. The Labute approximate surface area is 174 Å². The van der Waals surface area contributed by atoms with Crippen molar-refractivity contribution in [1.82, 2.24) is 0 Å². The minimum Gasteiger partial charge on any atom is -0.490 e. The first kappa shape index (κ1) is 20.6. The standard InChI is InChI=1S/C24H22O4S/c1-4-22(25)28-13-12-27-19-14-16(2)23(17(3)15-19)24(26)21-11-10-20(29-21)18-8-6-5-7-9-18/h4-11,14-15H,1,12-13H2,2-3H3. The van der Waals surface area contributed by atoms with E-state index in [0.717, 1.165) is 27.6 Å². The minimum atomic E-state index is -0.479. The maximum Gasteiger partial charge on any atom is 0.330 e. The van der Waals surface area contributed by atoms with E-state index >= 15 is 0 Å². The zero-order valence-corrected chi connectivity index (χ0v) is 17.3. The second-order valence-corrected chi connectivity index (χ2v) is 7.59. The van der Waals surface area contributed by atoms with Gasteiger partial charge in [0.05, 0.1) is 4.88 Å². The fourth-order valence-corrected chi connectivity index (χ4v) is 4.02. The molecule has 0 atom stereocenters. The van der Waals surface area contributed by atoms with Crippen LogP contribution >= 0.6 is 11.3 Å². The number of aryl methyl sites for hydroxylation is 2. The van der Waals surface area contributed by atoms with Gasteiger partial charge in [0.2, 0.25) is 5.78 Å². The van der Waals surface area contributed by atoms with Crippen molar-refractivity contribution in [2.75, 3.05) is 13.2 Å². The zero-order valence-electron chi connectivity index (χ0n) is 16.4. The van der Waals surface area contributed by atoms with E-state index < -0.39 is 5.97 Å². The van der Waals surface area contributed by atoms with Crippen LogP contribution in [-0.2, 0) is 9.53 Å². The molecule has 0 radical (unpaired) electrons. The highest BCUT2D eigenvalue weighted by atomic mass is 32.1. The van der Waals surface area contributed by atoms with Crippen LogP contribution in [0.4, 0.5) is 0 Å². The molecule has 29 heavy (non-hydrogen) atoms. The molecule has 0 saturated heterocycles. The minimum absolute atomic E-state index is 0.0126. The van der Waals surface area contributed by atoms with Crippen molar-refractivity contribution in [1.29, 1.82) is 0 Å². The number of carbonyl (C=O) groups is 2. The predicted molar refractivity (Wildman–Crippen MR) is 116 cm³/mol. The van der Waals surface area contributed by atoms with Gasteiger partial charge < -0.3 is 9.47 Å². The molecule has 0 fully saturated rings. The van der Waals surface area contributed by atoms with Crippen molar-refractivity contribution in [2.45, 2.75) is 13.8 Å². The number of hydrogen-bond acceptors (Lipinski definition) is 5. The Morgan fingerprint density at radius 1 is 1.00 bits per heavy atom. The predicted octanol–water partition coefficient (Wildman–Crippen LogP) is 5.37. The Bertz CT molecular complexity index is 1010. The van der Waals surface area contributed by atoms with Crippen molar-refractivity contribution < 1.29 is 19.1 Å². The largest absolute Gasteiger partial charge is 0.490 e. The van der Waals surface area contributed by atoms with Crippen LogP contribution in [0.15, 0.2) is 67.3 Å². The summed E-state index contributed by atoms with van der Waals surface area (Å²) in [5.41, 5.74) is 3.49. The molecule has 1 aromatic heterocycles. The number of thiophene rings is 1. The molecule has 0 unspecified atom stereocenters. The fraction of sp³-hybridized carbons (Fsp3) is 0.167. The SMILES string of the molecule is C=CC(=O)OCCOc1cc(C)c(C(=O)c2ccc(-c3ccccc3)s2)c(C)c1. The van der Waals surface area contributed by atoms with Gasteiger partial charge in [-0.25, -0.2) is 4.79 Å². The molecule has 0 spiro atoms. The van der Waals surface area contributed by atoms with Crippen LogP contribution in [-0.4, -0.2) is 25.0 Å². The number of rotatable bonds is 8. The van der Waals surface area contributed by atoms with E-state index in [1.165, 1.54) is 11.3 Å². The third-order valence-electron chi connectivity index (χ3n) is 4.38. The van der Waals surface area contributed by atoms with Crippen LogP contribution in [0.2, 0.25) is 0 Å². The molecule has 0 aliphatic rings. The molecule has 3 rings (SSSR count). The molecule has 148 valence electrons. The van der Waals surface area contributed by atoms with Crippen LogP contribution in [0.25, 0.3) is 10.4 Å². The Hall–Kier alpha value is -3.18. The third-order valence-corrected chi connectivity index (χ3v) is 5.52. The molecule has 0 saturated carbocycles. The lowest BCUT2D eigenvalue weighted by Gasteiger charge is -2.12. The van der Waals surface area contributed by atoms with Crippen LogP contribution < -0.4 is 4.74 Å². The second-order valence-electron chi connectivity index (χ2n) is 6.51. The topological polar surface area (TPSA) is 52.6 Å². The normalized spacial score (nSPS) is 10.4. The van der Waals surface area contributed by atoms with Gasteiger partial charge in [0, 0.05) is 16.5 Å². The van der Waals surface area contributed by atoms with Gasteiger partial charge in [-0.2, -0.15) is 0 Å². The van der Waals surface area contributed by atoms with Gasteiger partial charge in [-0.3, -0.25) is 4.79 Å². The van der Waals surface area contributed by atoms with Gasteiger partial charge in [0.15, 0.2) is 0 Å². The Morgan fingerprint density at radius 3 is 2.34 bits per heavy atom. The molecule has 0 amide bonds. The fourth-order valence-electron chi connectivity index (χ4n) is 3.07. The average molecular weight is 407 g/mol. The highest BCUT2D eigenvalue weighted by molar-refractivity contribution is 7.17. The van der Waals surface area contributed by atoms with E-state index in [2.05, 4.69) is 6.58 Å². The maximum absolute atomic E-state index is 13.1. The quantitative estimate of drug-likeness (QED) is 0.218. The maximum atomic E-state index is 13.1. The van der Waals surface area contributed by atoms with Crippen LogP contribution in [0.5, 0.6) is 5.75 Å². The van der Waals surface area contributed by atoms with E-state index in [1.54, 1.807) is 0 Å². The molecule has 0 bridgehead atoms. The molecule has 5 heteroatoms. The van der Waals surface area contributed by atoms with E-state index in [1.807, 2.05) is 68.4 Å². The molecular weight excluding hydrogens is 384 g/mol. The van der Waals surface area contributed by atoms with Gasteiger partial charge in [0.25, 0.3) is 0 Å². The first-order chi connectivity index (χ1) is 14.0. The van der Waals surface area contributed by atoms with E-state index in [-0.39, 0.29) is 19.0 Å². The molecule has 0 aliphatic carbocycles. The van der Waals surface area contributed by atoms with Gasteiger partial charge >= 0.3 is 5.97 Å². The van der Waals surface area contributed by atoms with Gasteiger partial charge in [-0.1, -0.05) is 36.9 Å². The Morgan fingerprint density at radius 2 is 1.69 bits per heavy atom. The monoisotopic (exact) mass is 406 g/mol. The summed E-state index contributed by atoms with van der Waals surface area (Å²) in [5, 5.41) is 0. The smallest absolute Gasteiger partial charge is 0.330 e. The summed E-state index contributed by atoms with van der Waals surface area (Å²) >= 11 is 1.49. The van der Waals surface area contributed by atoms with Gasteiger partial charge in [-0.15, -0.1) is 11.3 Å². The zero-order chi connectivity index (χ0) is 20.8. The molecule has 3 aromatic rings. The number of ketones is 1. The number of hydrogen-bond donors (Lipinski definition) is 0. The van der Waals surface area contributed by atoms with Crippen molar-refractivity contribution in [3.8, 4) is 16.2 Å². The van der Waals surface area contributed by atoms with Gasteiger partial charge in [0.1, 0.15) is 19.0 Å². The first-order valence-corrected chi connectivity index (χ1v) is 10.0.